The normalized spacial score (nSPS) is 14.5. The molecule has 2 aromatic carbocycles. The van der Waals surface area contributed by atoms with Gasteiger partial charge in [0.05, 0.1) is 17.9 Å². The Labute approximate surface area is 188 Å². The van der Waals surface area contributed by atoms with Crippen LogP contribution in [0.5, 0.6) is 17.4 Å². The molecule has 0 atom stereocenters. The minimum atomic E-state index is -0.445. The standard InChI is InChI=1S/C24H19FN4O4/c1-14-19-11-16-12-28(9-8-15-2-7-20-21(10-15)32-13-31-20)24(30)33-23(16)26-22(19)29(27-14)18-5-3-17(25)4-6-18/h2-7,10-11H,8-9,12-13H2,1H3. The van der Waals surface area contributed by atoms with E-state index in [0.29, 0.717) is 30.8 Å². The van der Waals surface area contributed by atoms with Crippen LogP contribution in [0.25, 0.3) is 16.7 Å². The molecule has 0 bridgehead atoms. The highest BCUT2D eigenvalue weighted by molar-refractivity contribution is 5.83. The molecule has 0 saturated carbocycles. The average molecular weight is 446 g/mol. The number of halogens is 1. The number of pyridine rings is 1. The maximum Gasteiger partial charge on any atom is 0.416 e. The van der Waals surface area contributed by atoms with Gasteiger partial charge >= 0.3 is 6.09 Å². The maximum atomic E-state index is 13.3. The summed E-state index contributed by atoms with van der Waals surface area (Å²) in [5, 5.41) is 5.41. The summed E-state index contributed by atoms with van der Waals surface area (Å²) in [7, 11) is 0. The number of nitrogens with zero attached hydrogens (tertiary/aromatic N) is 4. The van der Waals surface area contributed by atoms with Gasteiger partial charge in [-0.1, -0.05) is 6.07 Å². The third-order valence-corrected chi connectivity index (χ3v) is 5.86. The van der Waals surface area contributed by atoms with Crippen molar-refractivity contribution in [2.75, 3.05) is 13.3 Å². The summed E-state index contributed by atoms with van der Waals surface area (Å²) < 4.78 is 31.3. The number of aryl methyl sites for hydroxylation is 1. The number of hydrogen-bond donors (Lipinski definition) is 0. The van der Waals surface area contributed by atoms with Gasteiger partial charge in [0.15, 0.2) is 17.1 Å². The van der Waals surface area contributed by atoms with Crippen LogP contribution in [0, 0.1) is 12.7 Å². The summed E-state index contributed by atoms with van der Waals surface area (Å²) in [6, 6.07) is 13.7. The first-order chi connectivity index (χ1) is 16.0. The molecule has 2 aliphatic heterocycles. The highest BCUT2D eigenvalue weighted by Crippen LogP contribution is 2.33. The maximum absolute atomic E-state index is 13.3. The molecule has 0 radical (unpaired) electrons. The second-order valence-electron chi connectivity index (χ2n) is 8.02. The Morgan fingerprint density at radius 3 is 2.73 bits per heavy atom. The molecule has 0 fully saturated rings. The van der Waals surface area contributed by atoms with Crippen molar-refractivity contribution in [2.45, 2.75) is 19.9 Å². The van der Waals surface area contributed by atoms with Crippen LogP contribution in [0.4, 0.5) is 9.18 Å². The Hall–Kier alpha value is -4.14. The van der Waals surface area contributed by atoms with Gasteiger partial charge in [0.1, 0.15) is 5.82 Å². The van der Waals surface area contributed by atoms with Crippen molar-refractivity contribution < 1.29 is 23.4 Å². The topological polar surface area (TPSA) is 78.7 Å². The van der Waals surface area contributed by atoms with Crippen LogP contribution in [-0.4, -0.2) is 39.1 Å². The number of benzene rings is 2. The van der Waals surface area contributed by atoms with Crippen LogP contribution in [0.1, 0.15) is 16.8 Å². The van der Waals surface area contributed by atoms with Crippen molar-refractivity contribution in [3.05, 3.63) is 71.2 Å². The van der Waals surface area contributed by atoms with E-state index < -0.39 is 6.09 Å². The summed E-state index contributed by atoms with van der Waals surface area (Å²) in [4.78, 5) is 18.9. The molecule has 4 aromatic rings. The van der Waals surface area contributed by atoms with Crippen LogP contribution >= 0.6 is 0 Å². The first kappa shape index (κ1) is 19.5. The molecule has 0 N–H and O–H groups in total. The van der Waals surface area contributed by atoms with Gasteiger partial charge in [0.25, 0.3) is 0 Å². The third-order valence-electron chi connectivity index (χ3n) is 5.86. The van der Waals surface area contributed by atoms with Gasteiger partial charge in [-0.25, -0.2) is 13.9 Å². The second-order valence-corrected chi connectivity index (χ2v) is 8.02. The first-order valence-corrected chi connectivity index (χ1v) is 10.6. The van der Waals surface area contributed by atoms with Crippen molar-refractivity contribution in [3.63, 3.8) is 0 Å². The van der Waals surface area contributed by atoms with E-state index in [9.17, 15) is 9.18 Å². The number of rotatable bonds is 4. The van der Waals surface area contributed by atoms with E-state index in [4.69, 9.17) is 14.2 Å². The highest BCUT2D eigenvalue weighted by Gasteiger charge is 2.28. The lowest BCUT2D eigenvalue weighted by Gasteiger charge is -2.27. The fourth-order valence-electron chi connectivity index (χ4n) is 4.12. The highest BCUT2D eigenvalue weighted by atomic mass is 19.1. The fraction of sp³-hybridized carbons (Fsp3) is 0.208. The van der Waals surface area contributed by atoms with E-state index in [1.54, 1.807) is 21.7 Å². The Kier molecular flexibility index (Phi) is 4.42. The Morgan fingerprint density at radius 1 is 1.06 bits per heavy atom. The van der Waals surface area contributed by atoms with E-state index in [0.717, 1.165) is 33.7 Å². The van der Waals surface area contributed by atoms with Crippen LogP contribution in [0.15, 0.2) is 48.5 Å². The van der Waals surface area contributed by atoms with Gasteiger partial charge in [0.2, 0.25) is 12.7 Å². The van der Waals surface area contributed by atoms with E-state index in [2.05, 4.69) is 10.1 Å². The van der Waals surface area contributed by atoms with Gasteiger partial charge in [-0.3, -0.25) is 0 Å². The second kappa shape index (κ2) is 7.47. The molecule has 166 valence electrons. The molecule has 2 aromatic heterocycles. The minimum Gasteiger partial charge on any atom is -0.454 e. The zero-order valence-electron chi connectivity index (χ0n) is 17.7. The molecular weight excluding hydrogens is 427 g/mol. The monoisotopic (exact) mass is 446 g/mol. The van der Waals surface area contributed by atoms with Crippen LogP contribution in [-0.2, 0) is 13.0 Å². The molecule has 0 saturated heterocycles. The molecule has 0 aliphatic carbocycles. The fourth-order valence-corrected chi connectivity index (χ4v) is 4.12. The zero-order valence-corrected chi connectivity index (χ0v) is 17.7. The number of aromatic nitrogens is 3. The van der Waals surface area contributed by atoms with Crippen molar-refractivity contribution in [2.24, 2.45) is 0 Å². The van der Waals surface area contributed by atoms with E-state index in [1.807, 2.05) is 31.2 Å². The number of carbonyl (C=O) groups excluding carboxylic acids is 1. The number of hydrogen-bond acceptors (Lipinski definition) is 6. The molecule has 0 unspecified atom stereocenters. The molecule has 1 amide bonds. The summed E-state index contributed by atoms with van der Waals surface area (Å²) in [6.07, 6.45) is 0.206. The van der Waals surface area contributed by atoms with Gasteiger partial charge in [-0.2, -0.15) is 10.1 Å². The van der Waals surface area contributed by atoms with E-state index >= 15 is 0 Å². The van der Waals surface area contributed by atoms with Crippen LogP contribution < -0.4 is 14.2 Å². The Balaban J connectivity index is 1.26. The zero-order chi connectivity index (χ0) is 22.5. The van der Waals surface area contributed by atoms with Crippen LogP contribution in [0.2, 0.25) is 0 Å². The summed E-state index contributed by atoms with van der Waals surface area (Å²) >= 11 is 0. The van der Waals surface area contributed by atoms with Gasteiger partial charge in [0, 0.05) is 17.5 Å². The average Bonchev–Trinajstić information content (AvgIpc) is 3.41. The largest absolute Gasteiger partial charge is 0.454 e. The lowest BCUT2D eigenvalue weighted by atomic mass is 10.1. The first-order valence-electron chi connectivity index (χ1n) is 10.6. The predicted molar refractivity (Wildman–Crippen MR) is 116 cm³/mol. The SMILES string of the molecule is Cc1nn(-c2ccc(F)cc2)c2nc3c(cc12)CN(CCc1ccc2c(c1)OCO2)C(=O)O3. The summed E-state index contributed by atoms with van der Waals surface area (Å²) in [6.45, 7) is 3.00. The Morgan fingerprint density at radius 2 is 1.88 bits per heavy atom. The number of carbonyl (C=O) groups is 1. The van der Waals surface area contributed by atoms with Gasteiger partial charge < -0.3 is 19.1 Å². The predicted octanol–water partition coefficient (Wildman–Crippen LogP) is 4.15. The summed E-state index contributed by atoms with van der Waals surface area (Å²) in [5.74, 6) is 1.40. The Bertz CT molecular complexity index is 1400. The molecule has 8 nitrogen and oxygen atoms in total. The van der Waals surface area contributed by atoms with Crippen molar-refractivity contribution in [3.8, 4) is 23.1 Å². The molecule has 33 heavy (non-hydrogen) atoms. The smallest absolute Gasteiger partial charge is 0.416 e. The number of amides is 1. The third kappa shape index (κ3) is 3.42. The molecular formula is C24H19FN4O4. The van der Waals surface area contributed by atoms with Crippen molar-refractivity contribution in [1.29, 1.82) is 0 Å². The van der Waals surface area contributed by atoms with Gasteiger partial charge in [-0.15, -0.1) is 0 Å². The number of ether oxygens (including phenoxy) is 3. The van der Waals surface area contributed by atoms with Gasteiger partial charge in [-0.05, 0) is 61.4 Å². The molecule has 4 heterocycles. The van der Waals surface area contributed by atoms with Crippen molar-refractivity contribution in [1.82, 2.24) is 19.7 Å². The summed E-state index contributed by atoms with van der Waals surface area (Å²) in [5.41, 5.74) is 3.87. The molecule has 9 heteroatoms. The number of fused-ring (bicyclic) bond motifs is 3. The van der Waals surface area contributed by atoms with E-state index in [1.165, 1.54) is 12.1 Å². The lowest BCUT2D eigenvalue weighted by Crippen LogP contribution is -2.38. The van der Waals surface area contributed by atoms with Crippen molar-refractivity contribution >= 4 is 17.1 Å². The lowest BCUT2D eigenvalue weighted by molar-refractivity contribution is 0.136. The van der Waals surface area contributed by atoms with Crippen LogP contribution in [0.3, 0.4) is 0 Å². The minimum absolute atomic E-state index is 0.229. The molecule has 6 rings (SSSR count). The quantitative estimate of drug-likeness (QED) is 0.469. The van der Waals surface area contributed by atoms with E-state index in [-0.39, 0.29) is 18.5 Å². The molecule has 2 aliphatic rings. The molecule has 0 spiro atoms.